The molecular weight excluding hydrogens is 349 g/mol. The van der Waals surface area contributed by atoms with Crippen molar-refractivity contribution in [3.05, 3.63) is 68.2 Å². The first-order valence-electron chi connectivity index (χ1n) is 6.12. The molecule has 2 aromatic carbocycles. The minimum Gasteiger partial charge on any atom is -0.335 e. The Morgan fingerprint density at radius 2 is 1.41 bits per heavy atom. The Hall–Kier alpha value is -1.75. The van der Waals surface area contributed by atoms with Crippen LogP contribution in [0.25, 0.3) is 0 Å². The second-order valence-electron chi connectivity index (χ2n) is 4.35. The molecule has 7 heteroatoms. The van der Waals surface area contributed by atoms with Gasteiger partial charge in [-0.2, -0.15) is 5.48 Å². The van der Waals surface area contributed by atoms with Gasteiger partial charge in [-0.15, -0.1) is 0 Å². The van der Waals surface area contributed by atoms with Crippen molar-refractivity contribution in [2.45, 2.75) is 6.92 Å². The third-order valence-corrected chi connectivity index (χ3v) is 3.80. The van der Waals surface area contributed by atoms with E-state index in [1.807, 2.05) is 5.48 Å². The van der Waals surface area contributed by atoms with Crippen LogP contribution in [0.15, 0.2) is 36.4 Å². The zero-order valence-electron chi connectivity index (χ0n) is 11.3. The molecule has 1 N–H and O–H groups in total. The van der Waals surface area contributed by atoms with Gasteiger partial charge in [-0.05, 0) is 30.7 Å². The molecule has 0 spiro atoms. The molecule has 0 fully saturated rings. The quantitative estimate of drug-likeness (QED) is 0.807. The summed E-state index contributed by atoms with van der Waals surface area (Å²) in [6.07, 6.45) is 0. The zero-order chi connectivity index (χ0) is 16.3. The smallest absolute Gasteiger partial charge is 0.335 e. The lowest BCUT2D eigenvalue weighted by Gasteiger charge is -2.10. The number of aryl methyl sites for hydroxylation is 1. The van der Waals surface area contributed by atoms with Crippen molar-refractivity contribution >= 4 is 46.7 Å². The summed E-state index contributed by atoms with van der Waals surface area (Å²) in [5.74, 6) is -1.51. The van der Waals surface area contributed by atoms with Gasteiger partial charge in [0.2, 0.25) is 0 Å². The Kier molecular flexibility index (Phi) is 5.29. The van der Waals surface area contributed by atoms with Crippen LogP contribution in [0.1, 0.15) is 26.3 Å². The number of carbonyl (C=O) groups excluding carboxylic acids is 2. The van der Waals surface area contributed by atoms with Gasteiger partial charge < -0.3 is 4.84 Å². The topological polar surface area (TPSA) is 55.4 Å². The summed E-state index contributed by atoms with van der Waals surface area (Å²) in [6.45, 7) is 1.72. The fourth-order valence-corrected chi connectivity index (χ4v) is 2.67. The van der Waals surface area contributed by atoms with E-state index in [9.17, 15) is 9.59 Å². The molecule has 0 saturated carbocycles. The molecule has 0 heterocycles. The number of hydrogen-bond acceptors (Lipinski definition) is 3. The third kappa shape index (κ3) is 3.53. The second-order valence-corrected chi connectivity index (χ2v) is 5.57. The van der Waals surface area contributed by atoms with E-state index in [2.05, 4.69) is 0 Å². The SMILES string of the molecule is Cc1cccc(Cl)c1C(=O)NOC(=O)c1c(Cl)cccc1Cl. The molecule has 1 amide bonds. The van der Waals surface area contributed by atoms with Gasteiger partial charge in [-0.3, -0.25) is 4.79 Å². The lowest BCUT2D eigenvalue weighted by atomic mass is 10.1. The van der Waals surface area contributed by atoms with Crippen LogP contribution < -0.4 is 5.48 Å². The molecule has 0 aliphatic rings. The van der Waals surface area contributed by atoms with Crippen LogP contribution in [0.4, 0.5) is 0 Å². The minimum absolute atomic E-state index is 0.0259. The average molecular weight is 359 g/mol. The predicted molar refractivity (Wildman–Crippen MR) is 85.5 cm³/mol. The summed E-state index contributed by atoms with van der Waals surface area (Å²) in [7, 11) is 0. The summed E-state index contributed by atoms with van der Waals surface area (Å²) >= 11 is 17.7. The van der Waals surface area contributed by atoms with E-state index in [-0.39, 0.29) is 26.2 Å². The lowest BCUT2D eigenvalue weighted by Crippen LogP contribution is -2.28. The molecular formula is C15H10Cl3NO3. The lowest BCUT2D eigenvalue weighted by molar-refractivity contribution is 0.0230. The summed E-state index contributed by atoms with van der Waals surface area (Å²) in [5.41, 5.74) is 2.89. The molecule has 0 aliphatic carbocycles. The Bertz CT molecular complexity index is 643. The molecule has 0 unspecified atom stereocenters. The van der Waals surface area contributed by atoms with E-state index in [0.717, 1.165) is 0 Å². The summed E-state index contributed by atoms with van der Waals surface area (Å²) in [4.78, 5) is 28.8. The summed E-state index contributed by atoms with van der Waals surface area (Å²) in [6, 6.07) is 9.56. The third-order valence-electron chi connectivity index (χ3n) is 2.85. The van der Waals surface area contributed by atoms with E-state index in [4.69, 9.17) is 39.6 Å². The molecule has 114 valence electrons. The molecule has 2 aromatic rings. The van der Waals surface area contributed by atoms with Crippen molar-refractivity contribution in [1.82, 2.24) is 5.48 Å². The van der Waals surface area contributed by atoms with Crippen LogP contribution in [-0.4, -0.2) is 11.9 Å². The van der Waals surface area contributed by atoms with Gasteiger partial charge >= 0.3 is 5.97 Å². The van der Waals surface area contributed by atoms with Crippen molar-refractivity contribution in [2.24, 2.45) is 0 Å². The Balaban J connectivity index is 2.13. The first-order valence-corrected chi connectivity index (χ1v) is 7.26. The molecule has 4 nitrogen and oxygen atoms in total. The summed E-state index contributed by atoms with van der Waals surface area (Å²) in [5, 5.41) is 0.505. The van der Waals surface area contributed by atoms with Gasteiger partial charge in [0.15, 0.2) is 0 Å². The van der Waals surface area contributed by atoms with Gasteiger partial charge in [0.25, 0.3) is 5.91 Å². The number of nitrogens with one attached hydrogen (secondary N) is 1. The summed E-state index contributed by atoms with van der Waals surface area (Å²) < 4.78 is 0. The molecule has 0 bridgehead atoms. The highest BCUT2D eigenvalue weighted by atomic mass is 35.5. The maximum Gasteiger partial charge on any atom is 0.365 e. The molecule has 22 heavy (non-hydrogen) atoms. The fraction of sp³-hybridized carbons (Fsp3) is 0.0667. The van der Waals surface area contributed by atoms with E-state index < -0.39 is 11.9 Å². The highest BCUT2D eigenvalue weighted by Gasteiger charge is 2.19. The van der Waals surface area contributed by atoms with Crippen molar-refractivity contribution < 1.29 is 14.4 Å². The zero-order valence-corrected chi connectivity index (χ0v) is 13.6. The fourth-order valence-electron chi connectivity index (χ4n) is 1.81. The van der Waals surface area contributed by atoms with Crippen molar-refractivity contribution in [3.8, 4) is 0 Å². The number of hydrogen-bond donors (Lipinski definition) is 1. The average Bonchev–Trinajstić information content (AvgIpc) is 2.44. The molecule has 0 atom stereocenters. The first kappa shape index (κ1) is 16.6. The minimum atomic E-state index is -0.867. The van der Waals surface area contributed by atoms with Crippen LogP contribution in [0.5, 0.6) is 0 Å². The number of benzene rings is 2. The standard InChI is InChI=1S/C15H10Cl3NO3/c1-8-4-2-5-9(16)12(8)14(20)19-22-15(21)13-10(17)6-3-7-11(13)18/h2-7H,1H3,(H,19,20). The van der Waals surface area contributed by atoms with Crippen LogP contribution in [0.3, 0.4) is 0 Å². The van der Waals surface area contributed by atoms with Gasteiger partial charge in [0.05, 0.1) is 26.2 Å². The second kappa shape index (κ2) is 7.01. The van der Waals surface area contributed by atoms with Crippen LogP contribution in [0.2, 0.25) is 15.1 Å². The van der Waals surface area contributed by atoms with Gasteiger partial charge in [0.1, 0.15) is 0 Å². The highest BCUT2D eigenvalue weighted by molar-refractivity contribution is 6.39. The molecule has 0 aromatic heterocycles. The van der Waals surface area contributed by atoms with Crippen LogP contribution in [-0.2, 0) is 4.84 Å². The molecule has 0 aliphatic heterocycles. The predicted octanol–water partition coefficient (Wildman–Crippen LogP) is 4.46. The number of rotatable bonds is 2. The Labute approximate surface area is 141 Å². The highest BCUT2D eigenvalue weighted by Crippen LogP contribution is 2.25. The maximum absolute atomic E-state index is 12.1. The van der Waals surface area contributed by atoms with Gasteiger partial charge in [-0.25, -0.2) is 4.79 Å². The van der Waals surface area contributed by atoms with Gasteiger partial charge in [0, 0.05) is 0 Å². The Morgan fingerprint density at radius 1 is 0.909 bits per heavy atom. The maximum atomic E-state index is 12.1. The van der Waals surface area contributed by atoms with Crippen molar-refractivity contribution in [2.75, 3.05) is 0 Å². The van der Waals surface area contributed by atoms with E-state index >= 15 is 0 Å². The number of halogens is 3. The molecule has 2 rings (SSSR count). The number of carbonyl (C=O) groups is 2. The van der Waals surface area contributed by atoms with Crippen molar-refractivity contribution in [3.63, 3.8) is 0 Å². The van der Waals surface area contributed by atoms with Crippen LogP contribution >= 0.6 is 34.8 Å². The van der Waals surface area contributed by atoms with Gasteiger partial charge in [-0.1, -0.05) is 53.0 Å². The number of hydroxylamine groups is 1. The van der Waals surface area contributed by atoms with Crippen LogP contribution in [0, 0.1) is 6.92 Å². The monoisotopic (exact) mass is 357 g/mol. The van der Waals surface area contributed by atoms with Crippen molar-refractivity contribution in [1.29, 1.82) is 0 Å². The Morgan fingerprint density at radius 3 is 1.95 bits per heavy atom. The normalized spacial score (nSPS) is 10.2. The first-order chi connectivity index (χ1) is 10.4. The molecule has 0 radical (unpaired) electrons. The van der Waals surface area contributed by atoms with E-state index in [0.29, 0.717) is 5.56 Å². The van der Waals surface area contributed by atoms with E-state index in [1.54, 1.807) is 31.2 Å². The molecule has 0 saturated heterocycles. The van der Waals surface area contributed by atoms with E-state index in [1.165, 1.54) is 12.1 Å². The number of amides is 1. The largest absolute Gasteiger partial charge is 0.365 e.